The smallest absolute Gasteiger partial charge is 0.337 e. The van der Waals surface area contributed by atoms with Gasteiger partial charge in [0.1, 0.15) is 0 Å². The van der Waals surface area contributed by atoms with Crippen LogP contribution in [0.2, 0.25) is 0 Å². The number of cyclic esters (lactones) is 1. The number of esters is 1. The molecule has 1 aliphatic rings. The van der Waals surface area contributed by atoms with Crippen LogP contribution in [0.4, 0.5) is 0 Å². The Labute approximate surface area is 66.7 Å². The van der Waals surface area contributed by atoms with Crippen molar-refractivity contribution >= 4 is 5.97 Å². The fourth-order valence-corrected chi connectivity index (χ4v) is 1.03. The number of carbonyl (C=O) groups excluding carboxylic acids is 1. The summed E-state index contributed by atoms with van der Waals surface area (Å²) < 4.78 is 10.1. The van der Waals surface area contributed by atoms with Gasteiger partial charge in [-0.2, -0.15) is 0 Å². The molecule has 0 N–H and O–H groups in total. The van der Waals surface area contributed by atoms with Crippen LogP contribution in [0.3, 0.4) is 0 Å². The molecule has 1 fully saturated rings. The quantitative estimate of drug-likeness (QED) is 0.583. The Morgan fingerprint density at radius 1 is 1.55 bits per heavy atom. The molecule has 1 aliphatic heterocycles. The van der Waals surface area contributed by atoms with Gasteiger partial charge in [-0.25, -0.2) is 4.79 Å². The molecule has 0 bridgehead atoms. The molecule has 3 nitrogen and oxygen atoms in total. The van der Waals surface area contributed by atoms with E-state index in [0.29, 0.717) is 0 Å². The molecule has 0 aromatic rings. The third-order valence-corrected chi connectivity index (χ3v) is 1.73. The summed E-state index contributed by atoms with van der Waals surface area (Å²) in [5.74, 6) is -0.230. The van der Waals surface area contributed by atoms with E-state index in [0.717, 1.165) is 19.3 Å². The lowest BCUT2D eigenvalue weighted by molar-refractivity contribution is -0.143. The molecule has 11 heavy (non-hydrogen) atoms. The Morgan fingerprint density at radius 2 is 2.27 bits per heavy atom. The minimum Gasteiger partial charge on any atom is -0.434 e. The maximum absolute atomic E-state index is 10.8. The minimum absolute atomic E-state index is 0.230. The highest BCUT2D eigenvalue weighted by molar-refractivity contribution is 5.75. The van der Waals surface area contributed by atoms with Crippen LogP contribution in [0, 0.1) is 0 Å². The molecular formula is C8H14O3. The van der Waals surface area contributed by atoms with Crippen molar-refractivity contribution in [1.29, 1.82) is 0 Å². The highest BCUT2D eigenvalue weighted by Gasteiger charge is 2.30. The molecule has 0 aromatic carbocycles. The largest absolute Gasteiger partial charge is 0.434 e. The summed E-state index contributed by atoms with van der Waals surface area (Å²) in [6.07, 6.45) is 2.33. The van der Waals surface area contributed by atoms with Gasteiger partial charge in [0, 0.05) is 6.42 Å². The van der Waals surface area contributed by atoms with E-state index < -0.39 is 0 Å². The molecule has 0 aliphatic carbocycles. The van der Waals surface area contributed by atoms with E-state index >= 15 is 0 Å². The van der Waals surface area contributed by atoms with Crippen molar-refractivity contribution < 1.29 is 14.3 Å². The second-order valence-electron chi connectivity index (χ2n) is 2.79. The van der Waals surface area contributed by atoms with Crippen molar-refractivity contribution in [2.45, 2.75) is 45.5 Å². The Bertz CT molecular complexity index is 144. The zero-order valence-electron chi connectivity index (χ0n) is 7.00. The van der Waals surface area contributed by atoms with Crippen LogP contribution in [0.5, 0.6) is 0 Å². The molecule has 0 radical (unpaired) electrons. The van der Waals surface area contributed by atoms with E-state index in [2.05, 4.69) is 6.92 Å². The van der Waals surface area contributed by atoms with Gasteiger partial charge in [0.2, 0.25) is 6.29 Å². The van der Waals surface area contributed by atoms with Gasteiger partial charge < -0.3 is 9.47 Å². The highest BCUT2D eigenvalue weighted by atomic mass is 16.7. The standard InChI is InChI=1S/C8H14O3/c1-3-4-5-7-10-6(2)8(9)11-7/h6-7H,3-5H2,1-2H3. The summed E-state index contributed by atoms with van der Waals surface area (Å²) in [6.45, 7) is 3.81. The molecular weight excluding hydrogens is 144 g/mol. The normalized spacial score (nSPS) is 30.5. The number of ether oxygens (including phenoxy) is 2. The van der Waals surface area contributed by atoms with Crippen molar-refractivity contribution in [3.05, 3.63) is 0 Å². The first-order chi connectivity index (χ1) is 5.24. The Morgan fingerprint density at radius 3 is 2.73 bits per heavy atom. The summed E-state index contributed by atoms with van der Waals surface area (Å²) >= 11 is 0. The van der Waals surface area contributed by atoms with E-state index in [1.165, 1.54) is 0 Å². The third kappa shape index (κ3) is 2.19. The summed E-state index contributed by atoms with van der Waals surface area (Å²) in [4.78, 5) is 10.8. The Balaban J connectivity index is 2.24. The van der Waals surface area contributed by atoms with Crippen molar-refractivity contribution in [2.75, 3.05) is 0 Å². The lowest BCUT2D eigenvalue weighted by Crippen LogP contribution is -2.09. The molecule has 0 aromatic heterocycles. The predicted octanol–water partition coefficient (Wildman–Crippen LogP) is 1.46. The molecule has 2 atom stereocenters. The number of hydrogen-bond acceptors (Lipinski definition) is 3. The molecule has 1 rings (SSSR count). The van der Waals surface area contributed by atoms with E-state index in [4.69, 9.17) is 9.47 Å². The lowest BCUT2D eigenvalue weighted by Gasteiger charge is -2.06. The van der Waals surface area contributed by atoms with Crippen molar-refractivity contribution in [1.82, 2.24) is 0 Å². The van der Waals surface area contributed by atoms with E-state index in [-0.39, 0.29) is 18.4 Å². The molecule has 0 amide bonds. The van der Waals surface area contributed by atoms with Gasteiger partial charge in [-0.1, -0.05) is 13.3 Å². The molecule has 0 saturated carbocycles. The fourth-order valence-electron chi connectivity index (χ4n) is 1.03. The maximum atomic E-state index is 10.8. The molecule has 0 spiro atoms. The first kappa shape index (κ1) is 8.53. The van der Waals surface area contributed by atoms with Crippen LogP contribution in [-0.2, 0) is 14.3 Å². The average Bonchev–Trinajstić information content (AvgIpc) is 2.28. The lowest BCUT2D eigenvalue weighted by atomic mass is 10.2. The van der Waals surface area contributed by atoms with Gasteiger partial charge in [0.05, 0.1) is 0 Å². The molecule has 2 unspecified atom stereocenters. The summed E-state index contributed by atoms with van der Waals surface area (Å²) in [5.41, 5.74) is 0. The first-order valence-electron chi connectivity index (χ1n) is 4.10. The van der Waals surface area contributed by atoms with Crippen LogP contribution in [-0.4, -0.2) is 18.4 Å². The fraction of sp³-hybridized carbons (Fsp3) is 0.875. The van der Waals surface area contributed by atoms with E-state index in [1.807, 2.05) is 0 Å². The maximum Gasteiger partial charge on any atom is 0.337 e. The van der Waals surface area contributed by atoms with Gasteiger partial charge in [-0.15, -0.1) is 0 Å². The number of rotatable bonds is 3. The molecule has 3 heteroatoms. The van der Waals surface area contributed by atoms with Gasteiger partial charge in [-0.05, 0) is 13.3 Å². The van der Waals surface area contributed by atoms with Crippen LogP contribution in [0.15, 0.2) is 0 Å². The van der Waals surface area contributed by atoms with Gasteiger partial charge in [0.15, 0.2) is 6.10 Å². The highest BCUT2D eigenvalue weighted by Crippen LogP contribution is 2.17. The van der Waals surface area contributed by atoms with E-state index in [9.17, 15) is 4.79 Å². The van der Waals surface area contributed by atoms with Gasteiger partial charge >= 0.3 is 5.97 Å². The average molecular weight is 158 g/mol. The second kappa shape index (κ2) is 3.72. The predicted molar refractivity (Wildman–Crippen MR) is 40.0 cm³/mol. The topological polar surface area (TPSA) is 35.5 Å². The zero-order valence-corrected chi connectivity index (χ0v) is 7.00. The Kier molecular flexibility index (Phi) is 2.88. The van der Waals surface area contributed by atoms with Crippen LogP contribution < -0.4 is 0 Å². The second-order valence-corrected chi connectivity index (χ2v) is 2.79. The van der Waals surface area contributed by atoms with Crippen LogP contribution in [0.1, 0.15) is 33.1 Å². The van der Waals surface area contributed by atoms with Crippen molar-refractivity contribution in [3.8, 4) is 0 Å². The summed E-state index contributed by atoms with van der Waals surface area (Å²) in [7, 11) is 0. The molecule has 1 saturated heterocycles. The zero-order chi connectivity index (χ0) is 8.27. The SMILES string of the molecule is CCCCC1OC(=O)C(C)O1. The van der Waals surface area contributed by atoms with Crippen LogP contribution in [0.25, 0.3) is 0 Å². The molecule has 64 valence electrons. The number of hydrogen-bond donors (Lipinski definition) is 0. The van der Waals surface area contributed by atoms with E-state index in [1.54, 1.807) is 6.92 Å². The third-order valence-electron chi connectivity index (χ3n) is 1.73. The number of unbranched alkanes of at least 4 members (excludes halogenated alkanes) is 1. The summed E-state index contributed by atoms with van der Waals surface area (Å²) in [5, 5.41) is 0. The van der Waals surface area contributed by atoms with Gasteiger partial charge in [-0.3, -0.25) is 0 Å². The minimum atomic E-state index is -0.364. The monoisotopic (exact) mass is 158 g/mol. The van der Waals surface area contributed by atoms with Gasteiger partial charge in [0.25, 0.3) is 0 Å². The molecule has 1 heterocycles. The first-order valence-corrected chi connectivity index (χ1v) is 4.10. The summed E-state index contributed by atoms with van der Waals surface area (Å²) in [6, 6.07) is 0. The number of carbonyl (C=O) groups is 1. The Hall–Kier alpha value is -0.570. The van der Waals surface area contributed by atoms with Crippen LogP contribution >= 0.6 is 0 Å². The van der Waals surface area contributed by atoms with Crippen molar-refractivity contribution in [2.24, 2.45) is 0 Å². The van der Waals surface area contributed by atoms with Crippen molar-refractivity contribution in [3.63, 3.8) is 0 Å².